The maximum atomic E-state index is 14.0. The summed E-state index contributed by atoms with van der Waals surface area (Å²) >= 11 is 1.27. The molecule has 8 heteroatoms. The molecule has 0 radical (unpaired) electrons. The van der Waals surface area contributed by atoms with Crippen molar-refractivity contribution < 1.29 is 13.9 Å². The van der Waals surface area contributed by atoms with Crippen molar-refractivity contribution in [3.63, 3.8) is 0 Å². The minimum absolute atomic E-state index is 0.0386. The van der Waals surface area contributed by atoms with Crippen LogP contribution >= 0.6 is 11.8 Å². The van der Waals surface area contributed by atoms with Crippen molar-refractivity contribution in [1.29, 1.82) is 0 Å². The zero-order chi connectivity index (χ0) is 20.1. The molecule has 1 heterocycles. The van der Waals surface area contributed by atoms with Gasteiger partial charge in [-0.1, -0.05) is 36.0 Å². The molecular formula is C20H21FN4O2S. The van der Waals surface area contributed by atoms with E-state index in [9.17, 15) is 9.18 Å². The van der Waals surface area contributed by atoms with Gasteiger partial charge in [0.15, 0.2) is 11.0 Å². The topological polar surface area (TPSA) is 60.2 Å². The lowest BCUT2D eigenvalue weighted by Crippen LogP contribution is -2.27. The molecule has 0 aliphatic heterocycles. The first kappa shape index (κ1) is 19.9. The second-order valence-corrected chi connectivity index (χ2v) is 7.18. The van der Waals surface area contributed by atoms with Gasteiger partial charge in [-0.25, -0.2) is 4.39 Å². The van der Waals surface area contributed by atoms with Gasteiger partial charge in [0.05, 0.1) is 18.4 Å². The van der Waals surface area contributed by atoms with Crippen molar-refractivity contribution in [1.82, 2.24) is 19.7 Å². The number of ether oxygens (including phenoxy) is 1. The van der Waals surface area contributed by atoms with Gasteiger partial charge < -0.3 is 14.2 Å². The summed E-state index contributed by atoms with van der Waals surface area (Å²) in [4.78, 5) is 14.1. The molecule has 0 atom stereocenters. The Balaban J connectivity index is 1.62. The molecule has 0 saturated heterocycles. The molecule has 0 saturated carbocycles. The average molecular weight is 400 g/mol. The Morgan fingerprint density at radius 3 is 2.75 bits per heavy atom. The Hall–Kier alpha value is -2.87. The van der Waals surface area contributed by atoms with Crippen LogP contribution in [-0.4, -0.2) is 45.5 Å². The van der Waals surface area contributed by atoms with Crippen LogP contribution in [0.15, 0.2) is 53.7 Å². The lowest BCUT2D eigenvalue weighted by molar-refractivity contribution is -0.127. The quantitative estimate of drug-likeness (QED) is 0.569. The summed E-state index contributed by atoms with van der Waals surface area (Å²) in [7, 11) is 5.12. The van der Waals surface area contributed by atoms with Gasteiger partial charge >= 0.3 is 0 Å². The second-order valence-electron chi connectivity index (χ2n) is 6.24. The van der Waals surface area contributed by atoms with E-state index in [2.05, 4.69) is 10.2 Å². The van der Waals surface area contributed by atoms with Gasteiger partial charge in [0.2, 0.25) is 5.91 Å². The van der Waals surface area contributed by atoms with Crippen LogP contribution < -0.4 is 4.74 Å². The van der Waals surface area contributed by atoms with Gasteiger partial charge in [-0.05, 0) is 29.8 Å². The SMILES string of the molecule is COc1cccc(CN(C)C(=O)CSc2nnc(-c3ccccc3F)n2C)c1. The summed E-state index contributed by atoms with van der Waals surface area (Å²) in [6.07, 6.45) is 0. The van der Waals surface area contributed by atoms with Gasteiger partial charge in [-0.3, -0.25) is 4.79 Å². The van der Waals surface area contributed by atoms with E-state index in [1.807, 2.05) is 24.3 Å². The molecule has 0 aliphatic carbocycles. The first-order chi connectivity index (χ1) is 13.5. The summed E-state index contributed by atoms with van der Waals surface area (Å²) in [6.45, 7) is 0.482. The molecule has 0 N–H and O–H groups in total. The summed E-state index contributed by atoms with van der Waals surface area (Å²) in [5.41, 5.74) is 1.37. The van der Waals surface area contributed by atoms with Crippen LogP contribution in [0.1, 0.15) is 5.56 Å². The molecule has 28 heavy (non-hydrogen) atoms. The Labute approximate surface area is 167 Å². The first-order valence-electron chi connectivity index (χ1n) is 8.63. The zero-order valence-electron chi connectivity index (χ0n) is 15.9. The number of halogens is 1. The maximum Gasteiger partial charge on any atom is 0.233 e. The van der Waals surface area contributed by atoms with Gasteiger partial charge in [-0.2, -0.15) is 0 Å². The van der Waals surface area contributed by atoms with Gasteiger partial charge in [-0.15, -0.1) is 10.2 Å². The number of rotatable bonds is 7. The van der Waals surface area contributed by atoms with Crippen LogP contribution in [0.3, 0.4) is 0 Å². The Kier molecular flexibility index (Phi) is 6.30. The predicted molar refractivity (Wildman–Crippen MR) is 107 cm³/mol. The fourth-order valence-corrected chi connectivity index (χ4v) is 3.54. The number of thioether (sulfide) groups is 1. The Bertz CT molecular complexity index is 976. The Morgan fingerprint density at radius 1 is 1.21 bits per heavy atom. The third kappa shape index (κ3) is 4.51. The minimum atomic E-state index is -0.358. The van der Waals surface area contributed by atoms with Crippen LogP contribution in [-0.2, 0) is 18.4 Å². The molecule has 0 unspecified atom stereocenters. The van der Waals surface area contributed by atoms with Crippen molar-refractivity contribution in [2.75, 3.05) is 19.9 Å². The predicted octanol–water partition coefficient (Wildman–Crippen LogP) is 3.38. The number of hydrogen-bond acceptors (Lipinski definition) is 5. The molecule has 2 aromatic carbocycles. The average Bonchev–Trinajstić information content (AvgIpc) is 3.06. The van der Waals surface area contributed by atoms with Crippen LogP contribution in [0, 0.1) is 5.82 Å². The molecular weight excluding hydrogens is 379 g/mol. The number of nitrogens with zero attached hydrogens (tertiary/aromatic N) is 4. The van der Waals surface area contributed by atoms with E-state index < -0.39 is 0 Å². The van der Waals surface area contributed by atoms with E-state index in [4.69, 9.17) is 4.74 Å². The highest BCUT2D eigenvalue weighted by atomic mass is 32.2. The second kappa shape index (κ2) is 8.88. The lowest BCUT2D eigenvalue weighted by atomic mass is 10.2. The van der Waals surface area contributed by atoms with Crippen LogP contribution in [0.4, 0.5) is 4.39 Å². The smallest absolute Gasteiger partial charge is 0.233 e. The van der Waals surface area contributed by atoms with Gasteiger partial charge in [0.1, 0.15) is 11.6 Å². The van der Waals surface area contributed by atoms with E-state index >= 15 is 0 Å². The molecule has 6 nitrogen and oxygen atoms in total. The summed E-state index contributed by atoms with van der Waals surface area (Å²) < 4.78 is 20.9. The number of benzene rings is 2. The van der Waals surface area contributed by atoms with E-state index in [0.29, 0.717) is 23.1 Å². The normalized spacial score (nSPS) is 10.7. The molecule has 1 aromatic heterocycles. The van der Waals surface area contributed by atoms with E-state index in [0.717, 1.165) is 11.3 Å². The van der Waals surface area contributed by atoms with Crippen molar-refractivity contribution in [3.05, 3.63) is 59.9 Å². The van der Waals surface area contributed by atoms with Crippen molar-refractivity contribution >= 4 is 17.7 Å². The maximum absolute atomic E-state index is 14.0. The highest BCUT2D eigenvalue weighted by Crippen LogP contribution is 2.25. The number of methoxy groups -OCH3 is 1. The van der Waals surface area contributed by atoms with Crippen molar-refractivity contribution in [3.8, 4) is 17.1 Å². The lowest BCUT2D eigenvalue weighted by Gasteiger charge is -2.17. The number of carbonyl (C=O) groups is 1. The Morgan fingerprint density at radius 2 is 2.00 bits per heavy atom. The largest absolute Gasteiger partial charge is 0.497 e. The number of amides is 1. The summed E-state index contributed by atoms with van der Waals surface area (Å²) in [5.74, 6) is 1.00. The van der Waals surface area contributed by atoms with Crippen LogP contribution in [0.2, 0.25) is 0 Å². The van der Waals surface area contributed by atoms with Crippen LogP contribution in [0.5, 0.6) is 5.75 Å². The molecule has 0 bridgehead atoms. The monoisotopic (exact) mass is 400 g/mol. The van der Waals surface area contributed by atoms with Crippen molar-refractivity contribution in [2.45, 2.75) is 11.7 Å². The van der Waals surface area contributed by atoms with E-state index in [1.54, 1.807) is 48.9 Å². The minimum Gasteiger partial charge on any atom is -0.497 e. The number of hydrogen-bond donors (Lipinski definition) is 0. The standard InChI is InChI=1S/C20H21FN4O2S/c1-24(12-14-7-6-8-15(11-14)27-3)18(26)13-28-20-23-22-19(25(20)2)16-9-4-5-10-17(16)21/h4-11H,12-13H2,1-3H3. The van der Waals surface area contributed by atoms with E-state index in [-0.39, 0.29) is 17.5 Å². The molecule has 3 rings (SSSR count). The summed E-state index contributed by atoms with van der Waals surface area (Å²) in [6, 6.07) is 14.0. The molecule has 3 aromatic rings. The molecule has 1 amide bonds. The highest BCUT2D eigenvalue weighted by Gasteiger charge is 2.17. The van der Waals surface area contributed by atoms with Gasteiger partial charge in [0.25, 0.3) is 0 Å². The third-order valence-corrected chi connectivity index (χ3v) is 5.26. The third-order valence-electron chi connectivity index (χ3n) is 4.25. The number of aromatic nitrogens is 3. The molecule has 146 valence electrons. The van der Waals surface area contributed by atoms with E-state index in [1.165, 1.54) is 17.8 Å². The van der Waals surface area contributed by atoms with Crippen molar-refractivity contribution in [2.24, 2.45) is 7.05 Å². The van der Waals surface area contributed by atoms with Crippen LogP contribution in [0.25, 0.3) is 11.4 Å². The fourth-order valence-electron chi connectivity index (χ4n) is 2.69. The molecule has 0 spiro atoms. The summed E-state index contributed by atoms with van der Waals surface area (Å²) in [5, 5.41) is 8.72. The molecule has 0 aliphatic rings. The molecule has 0 fully saturated rings. The zero-order valence-corrected chi connectivity index (χ0v) is 16.7. The number of carbonyl (C=O) groups excluding carboxylic acids is 1. The highest BCUT2D eigenvalue weighted by molar-refractivity contribution is 7.99. The van der Waals surface area contributed by atoms with Gasteiger partial charge in [0, 0.05) is 20.6 Å². The fraction of sp³-hybridized carbons (Fsp3) is 0.250. The first-order valence-corrected chi connectivity index (χ1v) is 9.62.